The van der Waals surface area contributed by atoms with Crippen LogP contribution in [0.15, 0.2) is 41.8 Å². The van der Waals surface area contributed by atoms with Crippen molar-refractivity contribution < 1.29 is 4.79 Å². The van der Waals surface area contributed by atoms with Crippen molar-refractivity contribution in [3.05, 3.63) is 51.7 Å². The number of hydrogen-bond acceptors (Lipinski definition) is 5. The van der Waals surface area contributed by atoms with Crippen LogP contribution in [0.3, 0.4) is 0 Å². The number of nitrogens with zero attached hydrogens (tertiary/aromatic N) is 4. The van der Waals surface area contributed by atoms with Gasteiger partial charge in [-0.3, -0.25) is 9.78 Å². The minimum atomic E-state index is -0.262. The van der Waals surface area contributed by atoms with Gasteiger partial charge >= 0.3 is 0 Å². The molecule has 140 valence electrons. The lowest BCUT2D eigenvalue weighted by molar-refractivity contribution is -0.113. The van der Waals surface area contributed by atoms with Crippen LogP contribution >= 0.6 is 46.6 Å². The second kappa shape index (κ2) is 8.93. The monoisotopic (exact) mass is 441 g/mol. The highest BCUT2D eigenvalue weighted by atomic mass is 35.5. The molecule has 0 aliphatic rings. The summed E-state index contributed by atoms with van der Waals surface area (Å²) in [5, 5.41) is 12.7. The summed E-state index contributed by atoms with van der Waals surface area (Å²) < 4.78 is 1.94. The molecule has 10 heteroatoms. The number of benzene rings is 1. The predicted molar refractivity (Wildman–Crippen MR) is 110 cm³/mol. The maximum atomic E-state index is 12.3. The molecule has 0 atom stereocenters. The second-order valence-electron chi connectivity index (χ2n) is 5.37. The van der Waals surface area contributed by atoms with Gasteiger partial charge in [-0.25, -0.2) is 0 Å². The van der Waals surface area contributed by atoms with E-state index in [1.54, 1.807) is 12.4 Å². The molecule has 0 bridgehead atoms. The van der Waals surface area contributed by atoms with Crippen LogP contribution in [0.25, 0.3) is 11.4 Å². The van der Waals surface area contributed by atoms with E-state index in [2.05, 4.69) is 20.5 Å². The Morgan fingerprint density at radius 2 is 1.81 bits per heavy atom. The number of thioether (sulfide) groups is 1. The molecule has 0 radical (unpaired) electrons. The number of rotatable bonds is 6. The molecule has 0 saturated carbocycles. The number of anilines is 1. The van der Waals surface area contributed by atoms with Gasteiger partial charge in [-0.05, 0) is 31.2 Å². The second-order valence-corrected chi connectivity index (χ2v) is 7.56. The Kier molecular flexibility index (Phi) is 6.59. The summed E-state index contributed by atoms with van der Waals surface area (Å²) in [6.45, 7) is 2.66. The Morgan fingerprint density at radius 3 is 2.44 bits per heavy atom. The first-order chi connectivity index (χ1) is 13.0. The molecule has 0 saturated heterocycles. The van der Waals surface area contributed by atoms with Crippen LogP contribution in [-0.4, -0.2) is 31.4 Å². The molecule has 3 aromatic rings. The van der Waals surface area contributed by atoms with Crippen molar-refractivity contribution in [3.8, 4) is 11.4 Å². The van der Waals surface area contributed by atoms with E-state index < -0.39 is 0 Å². The van der Waals surface area contributed by atoms with E-state index in [0.29, 0.717) is 22.4 Å². The zero-order valence-corrected chi connectivity index (χ0v) is 17.2. The zero-order chi connectivity index (χ0) is 19.4. The summed E-state index contributed by atoms with van der Waals surface area (Å²) in [6, 6.07) is 6.77. The van der Waals surface area contributed by atoms with Crippen LogP contribution in [0.2, 0.25) is 15.1 Å². The van der Waals surface area contributed by atoms with Crippen LogP contribution in [-0.2, 0) is 11.3 Å². The van der Waals surface area contributed by atoms with Crippen LogP contribution in [0.4, 0.5) is 5.69 Å². The molecule has 0 unspecified atom stereocenters. The van der Waals surface area contributed by atoms with E-state index in [-0.39, 0.29) is 21.7 Å². The van der Waals surface area contributed by atoms with Crippen molar-refractivity contribution in [2.75, 3.05) is 11.1 Å². The van der Waals surface area contributed by atoms with Gasteiger partial charge in [-0.1, -0.05) is 46.6 Å². The summed E-state index contributed by atoms with van der Waals surface area (Å²) in [5.41, 5.74) is 1.25. The van der Waals surface area contributed by atoms with Crippen molar-refractivity contribution in [1.29, 1.82) is 0 Å². The number of aromatic nitrogens is 4. The highest BCUT2D eigenvalue weighted by Crippen LogP contribution is 2.34. The molecule has 0 aliphatic carbocycles. The minimum Gasteiger partial charge on any atom is -0.323 e. The molecule has 2 heterocycles. The van der Waals surface area contributed by atoms with Gasteiger partial charge in [0.25, 0.3) is 0 Å². The Hall–Kier alpha value is -1.80. The van der Waals surface area contributed by atoms with Gasteiger partial charge in [0.05, 0.1) is 21.5 Å². The Labute approximate surface area is 175 Å². The number of carbonyl (C=O) groups excluding carboxylic acids is 1. The van der Waals surface area contributed by atoms with E-state index in [0.717, 1.165) is 11.4 Å². The standard InChI is InChI=1S/C17H14Cl3N5OS/c1-2-25-16(10-3-5-21-6-4-10)23-24-17(25)27-9-14(26)22-15-12(19)7-11(18)8-13(15)20/h3-8H,2,9H2,1H3,(H,22,26). The predicted octanol–water partition coefficient (Wildman–Crippen LogP) is 5.05. The van der Waals surface area contributed by atoms with Gasteiger partial charge in [0, 0.05) is 29.5 Å². The molecule has 3 rings (SSSR count). The van der Waals surface area contributed by atoms with Crippen molar-refractivity contribution in [2.45, 2.75) is 18.6 Å². The number of carbonyl (C=O) groups is 1. The third-order valence-corrected chi connectivity index (χ3v) is 5.36. The summed E-state index contributed by atoms with van der Waals surface area (Å²) in [5.74, 6) is 0.595. The fraction of sp³-hybridized carbons (Fsp3) is 0.176. The lowest BCUT2D eigenvalue weighted by atomic mass is 10.2. The molecule has 1 amide bonds. The summed E-state index contributed by atoms with van der Waals surface area (Å²) in [4.78, 5) is 16.3. The van der Waals surface area contributed by atoms with Crippen molar-refractivity contribution in [2.24, 2.45) is 0 Å². The zero-order valence-electron chi connectivity index (χ0n) is 14.1. The molecule has 0 aliphatic heterocycles. The van der Waals surface area contributed by atoms with Gasteiger partial charge in [0.2, 0.25) is 5.91 Å². The number of amides is 1. The molecular formula is C17H14Cl3N5OS. The lowest BCUT2D eigenvalue weighted by Crippen LogP contribution is -2.15. The van der Waals surface area contributed by atoms with Crippen LogP contribution < -0.4 is 5.32 Å². The Bertz CT molecular complexity index is 941. The highest BCUT2D eigenvalue weighted by Gasteiger charge is 2.16. The van der Waals surface area contributed by atoms with Crippen LogP contribution in [0.1, 0.15) is 6.92 Å². The number of pyridine rings is 1. The van der Waals surface area contributed by atoms with E-state index >= 15 is 0 Å². The minimum absolute atomic E-state index is 0.129. The first-order valence-electron chi connectivity index (χ1n) is 7.90. The topological polar surface area (TPSA) is 72.7 Å². The van der Waals surface area contributed by atoms with Crippen LogP contribution in [0, 0.1) is 0 Å². The first kappa shape index (κ1) is 19.9. The highest BCUT2D eigenvalue weighted by molar-refractivity contribution is 7.99. The van der Waals surface area contributed by atoms with E-state index in [1.165, 1.54) is 23.9 Å². The normalized spacial score (nSPS) is 10.8. The van der Waals surface area contributed by atoms with E-state index in [4.69, 9.17) is 34.8 Å². The Morgan fingerprint density at radius 1 is 1.15 bits per heavy atom. The molecule has 6 nitrogen and oxygen atoms in total. The average molecular weight is 443 g/mol. The molecule has 0 fully saturated rings. The summed E-state index contributed by atoms with van der Waals surface area (Å²) >= 11 is 19.3. The summed E-state index contributed by atoms with van der Waals surface area (Å²) in [6.07, 6.45) is 3.40. The van der Waals surface area contributed by atoms with Crippen molar-refractivity contribution in [1.82, 2.24) is 19.7 Å². The molecular weight excluding hydrogens is 429 g/mol. The Balaban J connectivity index is 1.70. The maximum absolute atomic E-state index is 12.3. The first-order valence-corrected chi connectivity index (χ1v) is 10.0. The van der Waals surface area contributed by atoms with Crippen molar-refractivity contribution >= 4 is 58.2 Å². The molecule has 1 N–H and O–H groups in total. The number of halogens is 3. The van der Waals surface area contributed by atoms with E-state index in [9.17, 15) is 4.79 Å². The van der Waals surface area contributed by atoms with Gasteiger partial charge in [-0.2, -0.15) is 0 Å². The molecule has 1 aromatic carbocycles. The smallest absolute Gasteiger partial charge is 0.234 e. The number of nitrogens with one attached hydrogen (secondary N) is 1. The maximum Gasteiger partial charge on any atom is 0.234 e. The molecule has 0 spiro atoms. The molecule has 27 heavy (non-hydrogen) atoms. The summed E-state index contributed by atoms with van der Waals surface area (Å²) in [7, 11) is 0. The third-order valence-electron chi connectivity index (χ3n) is 3.58. The number of hydrogen-bond donors (Lipinski definition) is 1. The van der Waals surface area contributed by atoms with E-state index in [1.807, 2.05) is 23.6 Å². The third kappa shape index (κ3) is 4.73. The van der Waals surface area contributed by atoms with Crippen LogP contribution in [0.5, 0.6) is 0 Å². The average Bonchev–Trinajstić information content (AvgIpc) is 3.06. The van der Waals surface area contributed by atoms with Gasteiger partial charge in [-0.15, -0.1) is 10.2 Å². The quantitative estimate of drug-likeness (QED) is 0.541. The lowest BCUT2D eigenvalue weighted by Gasteiger charge is -2.10. The van der Waals surface area contributed by atoms with Gasteiger partial charge in [0.1, 0.15) is 0 Å². The fourth-order valence-corrected chi connectivity index (χ4v) is 4.08. The SMILES string of the molecule is CCn1c(SCC(=O)Nc2c(Cl)cc(Cl)cc2Cl)nnc1-c1ccncc1. The van der Waals surface area contributed by atoms with Crippen molar-refractivity contribution in [3.63, 3.8) is 0 Å². The fourth-order valence-electron chi connectivity index (χ4n) is 2.36. The van der Waals surface area contributed by atoms with Gasteiger partial charge in [0.15, 0.2) is 11.0 Å². The largest absolute Gasteiger partial charge is 0.323 e. The molecule has 2 aromatic heterocycles. The van der Waals surface area contributed by atoms with Gasteiger partial charge < -0.3 is 9.88 Å².